The lowest BCUT2D eigenvalue weighted by molar-refractivity contribution is -0.166. The Morgan fingerprint density at radius 2 is 0.740 bits per heavy atom. The molecule has 294 valence electrons. The van der Waals surface area contributed by atoms with Gasteiger partial charge in [-0.25, -0.2) is 0 Å². The van der Waals surface area contributed by atoms with Crippen LogP contribution in [0.15, 0.2) is 25.3 Å². The number of nitrogens with zero attached hydrogens (tertiary/aromatic N) is 2. The minimum atomic E-state index is -0.228. The van der Waals surface area contributed by atoms with Crippen molar-refractivity contribution in [3.05, 3.63) is 25.3 Å². The lowest BCUT2D eigenvalue weighted by Gasteiger charge is -2.20. The van der Waals surface area contributed by atoms with Gasteiger partial charge in [0.1, 0.15) is 0 Å². The number of hydrogen-bond donors (Lipinski definition) is 0. The zero-order valence-corrected chi connectivity index (χ0v) is 33.0. The lowest BCUT2D eigenvalue weighted by atomic mass is 10.1. The Morgan fingerprint density at radius 3 is 1.06 bits per heavy atom. The minimum Gasteiger partial charge on any atom is -0.466 e. The Labute approximate surface area is 309 Å². The standard InChI is InChI=1S/C42H80N2O6/c1-5-9-11-13-15-17-19-21-23-27-35-43(33-7-3)49-39-31-41(45)47-37-29-25-26-30-38-48-42(46)32-40-50-44(34-8-4)36-28-24-22-20-18-16-14-12-10-6-2/h7-8H,3-6,9-40H2,1-2H3. The van der Waals surface area contributed by atoms with Gasteiger partial charge < -0.3 is 9.47 Å². The summed E-state index contributed by atoms with van der Waals surface area (Å²) in [6.07, 6.45) is 33.7. The second kappa shape index (κ2) is 40.0. The van der Waals surface area contributed by atoms with Gasteiger partial charge in [-0.15, -0.1) is 13.2 Å². The molecule has 0 atom stereocenters. The average molecular weight is 709 g/mol. The molecule has 0 bridgehead atoms. The molecule has 50 heavy (non-hydrogen) atoms. The second-order valence-corrected chi connectivity index (χ2v) is 13.7. The van der Waals surface area contributed by atoms with E-state index in [-0.39, 0.29) is 24.8 Å². The maximum Gasteiger partial charge on any atom is 0.308 e. The molecule has 0 aliphatic carbocycles. The summed E-state index contributed by atoms with van der Waals surface area (Å²) in [6, 6.07) is 0. The fourth-order valence-electron chi connectivity index (χ4n) is 5.85. The van der Waals surface area contributed by atoms with Crippen molar-refractivity contribution < 1.29 is 28.7 Å². The first-order chi connectivity index (χ1) is 24.6. The first-order valence-corrected chi connectivity index (χ1v) is 20.9. The molecule has 0 saturated carbocycles. The number of carbonyl (C=O) groups excluding carboxylic acids is 2. The average Bonchev–Trinajstić information content (AvgIpc) is 3.10. The van der Waals surface area contributed by atoms with Gasteiger partial charge in [-0.05, 0) is 38.5 Å². The first kappa shape index (κ1) is 48.3. The number of esters is 2. The van der Waals surface area contributed by atoms with E-state index in [0.29, 0.717) is 39.5 Å². The van der Waals surface area contributed by atoms with Crippen molar-refractivity contribution in [2.45, 2.75) is 181 Å². The summed E-state index contributed by atoms with van der Waals surface area (Å²) in [7, 11) is 0. The third kappa shape index (κ3) is 36.1. The minimum absolute atomic E-state index is 0.228. The van der Waals surface area contributed by atoms with Crippen LogP contribution in [-0.4, -0.2) is 74.7 Å². The summed E-state index contributed by atoms with van der Waals surface area (Å²) in [5, 5.41) is 3.81. The summed E-state index contributed by atoms with van der Waals surface area (Å²) in [5.74, 6) is -0.456. The van der Waals surface area contributed by atoms with Crippen LogP contribution in [-0.2, 0) is 28.7 Å². The molecule has 0 N–H and O–H groups in total. The Hall–Kier alpha value is -1.74. The quantitative estimate of drug-likeness (QED) is 0.0269. The second-order valence-electron chi connectivity index (χ2n) is 13.7. The van der Waals surface area contributed by atoms with E-state index in [0.717, 1.165) is 51.6 Å². The monoisotopic (exact) mass is 709 g/mol. The van der Waals surface area contributed by atoms with Gasteiger partial charge in [-0.1, -0.05) is 142 Å². The zero-order valence-electron chi connectivity index (χ0n) is 33.0. The van der Waals surface area contributed by atoms with Crippen molar-refractivity contribution in [3.63, 3.8) is 0 Å². The molecule has 0 amide bonds. The largest absolute Gasteiger partial charge is 0.466 e. The fourth-order valence-corrected chi connectivity index (χ4v) is 5.85. The molecule has 0 rings (SSSR count). The number of ether oxygens (including phenoxy) is 2. The Morgan fingerprint density at radius 1 is 0.440 bits per heavy atom. The van der Waals surface area contributed by atoms with E-state index >= 15 is 0 Å². The van der Waals surface area contributed by atoms with E-state index < -0.39 is 0 Å². The van der Waals surface area contributed by atoms with Crippen molar-refractivity contribution >= 4 is 11.9 Å². The molecule has 0 fully saturated rings. The van der Waals surface area contributed by atoms with Crippen molar-refractivity contribution in [1.82, 2.24) is 10.1 Å². The predicted molar refractivity (Wildman–Crippen MR) is 209 cm³/mol. The normalized spacial score (nSPS) is 11.4. The summed E-state index contributed by atoms with van der Waals surface area (Å²) in [4.78, 5) is 35.9. The van der Waals surface area contributed by atoms with Crippen molar-refractivity contribution in [1.29, 1.82) is 0 Å². The van der Waals surface area contributed by atoms with Crippen LogP contribution < -0.4 is 0 Å². The van der Waals surface area contributed by atoms with Crippen LogP contribution in [0.2, 0.25) is 0 Å². The van der Waals surface area contributed by atoms with Gasteiger partial charge in [-0.2, -0.15) is 10.1 Å². The van der Waals surface area contributed by atoms with Gasteiger partial charge in [0.15, 0.2) is 0 Å². The molecule has 0 unspecified atom stereocenters. The Balaban J connectivity index is 3.70. The van der Waals surface area contributed by atoms with Crippen LogP contribution in [0.3, 0.4) is 0 Å². The molecule has 0 heterocycles. The summed E-state index contributed by atoms with van der Waals surface area (Å²) in [6.45, 7) is 16.7. The van der Waals surface area contributed by atoms with Gasteiger partial charge in [-0.3, -0.25) is 19.3 Å². The van der Waals surface area contributed by atoms with Gasteiger partial charge >= 0.3 is 11.9 Å². The first-order valence-electron chi connectivity index (χ1n) is 20.9. The van der Waals surface area contributed by atoms with E-state index in [1.165, 1.54) is 116 Å². The highest BCUT2D eigenvalue weighted by molar-refractivity contribution is 5.69. The third-order valence-electron chi connectivity index (χ3n) is 8.91. The van der Waals surface area contributed by atoms with E-state index in [9.17, 15) is 9.59 Å². The SMILES string of the molecule is C=CCN(CCCCCCCCCCCC)OCCC(=O)OCCCCCCOC(=O)CCON(CC=C)CCCCCCCCCCCC. The molecule has 0 aliphatic rings. The van der Waals surface area contributed by atoms with Gasteiger partial charge in [0, 0.05) is 26.2 Å². The van der Waals surface area contributed by atoms with Crippen LogP contribution in [0, 0.1) is 0 Å². The molecule has 0 aliphatic heterocycles. The Kier molecular flexibility index (Phi) is 38.6. The zero-order chi connectivity index (χ0) is 36.6. The summed E-state index contributed by atoms with van der Waals surface area (Å²) >= 11 is 0. The van der Waals surface area contributed by atoms with Crippen molar-refractivity contribution in [2.24, 2.45) is 0 Å². The summed E-state index contributed by atoms with van der Waals surface area (Å²) in [5.41, 5.74) is 0. The lowest BCUT2D eigenvalue weighted by Crippen LogP contribution is -2.27. The van der Waals surface area contributed by atoms with Crippen LogP contribution >= 0.6 is 0 Å². The number of unbranched alkanes of at least 4 members (excludes halogenated alkanes) is 21. The molecule has 0 aromatic heterocycles. The van der Waals surface area contributed by atoms with E-state index in [2.05, 4.69) is 27.0 Å². The van der Waals surface area contributed by atoms with Crippen LogP contribution in [0.4, 0.5) is 0 Å². The van der Waals surface area contributed by atoms with E-state index in [4.69, 9.17) is 19.1 Å². The molecular formula is C42H80N2O6. The number of hydroxylamine groups is 4. The number of carbonyl (C=O) groups is 2. The van der Waals surface area contributed by atoms with Crippen molar-refractivity contribution in [3.8, 4) is 0 Å². The molecule has 8 heteroatoms. The maximum atomic E-state index is 12.1. The van der Waals surface area contributed by atoms with Crippen molar-refractivity contribution in [2.75, 3.05) is 52.6 Å². The molecule has 0 saturated heterocycles. The molecule has 0 spiro atoms. The molecule has 0 aromatic carbocycles. The highest BCUT2D eigenvalue weighted by Crippen LogP contribution is 2.13. The van der Waals surface area contributed by atoms with E-state index in [1.807, 2.05) is 22.3 Å². The highest BCUT2D eigenvalue weighted by atomic mass is 16.7. The Bertz CT molecular complexity index is 703. The van der Waals surface area contributed by atoms with Crippen LogP contribution in [0.25, 0.3) is 0 Å². The molecule has 0 radical (unpaired) electrons. The maximum absolute atomic E-state index is 12.1. The topological polar surface area (TPSA) is 77.5 Å². The highest BCUT2D eigenvalue weighted by Gasteiger charge is 2.09. The predicted octanol–water partition coefficient (Wildman–Crippen LogP) is 11.1. The fraction of sp³-hybridized carbons (Fsp3) is 0.857. The van der Waals surface area contributed by atoms with Gasteiger partial charge in [0.05, 0.1) is 39.3 Å². The molecule has 8 nitrogen and oxygen atoms in total. The molecular weight excluding hydrogens is 628 g/mol. The third-order valence-corrected chi connectivity index (χ3v) is 8.91. The van der Waals surface area contributed by atoms with Crippen LogP contribution in [0.1, 0.15) is 181 Å². The number of rotatable bonds is 41. The summed E-state index contributed by atoms with van der Waals surface area (Å²) < 4.78 is 10.7. The van der Waals surface area contributed by atoms with Crippen LogP contribution in [0.5, 0.6) is 0 Å². The van der Waals surface area contributed by atoms with Gasteiger partial charge in [0.2, 0.25) is 0 Å². The number of hydrogen-bond acceptors (Lipinski definition) is 8. The van der Waals surface area contributed by atoms with Gasteiger partial charge in [0.25, 0.3) is 0 Å². The molecule has 0 aromatic rings. The smallest absolute Gasteiger partial charge is 0.308 e. The van der Waals surface area contributed by atoms with E-state index in [1.54, 1.807) is 0 Å².